The zero-order chi connectivity index (χ0) is 44.6. The van der Waals surface area contributed by atoms with Crippen molar-refractivity contribution >= 4 is 8.07 Å². The van der Waals surface area contributed by atoms with E-state index in [0.717, 1.165) is 33.9 Å². The molecule has 0 saturated carbocycles. The number of aliphatic hydroxyl groups excluding tert-OH is 2. The Morgan fingerprint density at radius 2 is 0.844 bits per heavy atom. The highest BCUT2D eigenvalue weighted by Gasteiger charge is 2.54. The normalized spacial score (nSPS) is 26.1. The largest absolute Gasteiger partial charge is 0.394 e. The minimum atomic E-state index is -1.51. The van der Waals surface area contributed by atoms with E-state index in [9.17, 15) is 10.2 Å². The van der Waals surface area contributed by atoms with Gasteiger partial charge in [0.15, 0.2) is 12.6 Å². The van der Waals surface area contributed by atoms with E-state index in [1.54, 1.807) is 0 Å². The van der Waals surface area contributed by atoms with Crippen LogP contribution in [0.1, 0.15) is 27.8 Å². The fourth-order valence-corrected chi connectivity index (χ4v) is 8.50. The van der Waals surface area contributed by atoms with Crippen LogP contribution < -0.4 is 0 Å². The molecule has 5 aromatic carbocycles. The van der Waals surface area contributed by atoms with E-state index in [-0.39, 0.29) is 33.0 Å². The summed E-state index contributed by atoms with van der Waals surface area (Å²) < 4.78 is 60.8. The summed E-state index contributed by atoms with van der Waals surface area (Å²) in [5.41, 5.74) is 4.75. The average Bonchev–Trinajstić information content (AvgIpc) is 3.32. The van der Waals surface area contributed by atoms with Crippen molar-refractivity contribution in [3.63, 3.8) is 0 Å². The van der Waals surface area contributed by atoms with Crippen LogP contribution in [0.15, 0.2) is 152 Å². The molecule has 12 heteroatoms. The third-order valence-electron chi connectivity index (χ3n) is 11.3. The topological polar surface area (TPSA) is 124 Å². The molecular weight excluding hydrogens is 829 g/mol. The predicted octanol–water partition coefficient (Wildman–Crippen LogP) is 8.09. The first-order valence-corrected chi connectivity index (χ1v) is 26.1. The molecule has 2 saturated heterocycles. The molecule has 0 aliphatic carbocycles. The molecule has 2 fully saturated rings. The van der Waals surface area contributed by atoms with Gasteiger partial charge in [-0.25, -0.2) is 0 Å². The Balaban J connectivity index is 1.26. The monoisotopic (exact) mass is 892 g/mol. The summed E-state index contributed by atoms with van der Waals surface area (Å²) in [4.78, 5) is 0. The van der Waals surface area contributed by atoms with Crippen molar-refractivity contribution in [2.75, 3.05) is 19.8 Å². The highest BCUT2D eigenvalue weighted by Crippen LogP contribution is 2.36. The molecule has 2 heterocycles. The zero-order valence-electron chi connectivity index (χ0n) is 37.1. The van der Waals surface area contributed by atoms with Crippen LogP contribution in [0.3, 0.4) is 0 Å². The fourth-order valence-electron chi connectivity index (χ4n) is 7.77. The Bertz CT molecular complexity index is 2030. The highest BCUT2D eigenvalue weighted by atomic mass is 28.3. The van der Waals surface area contributed by atoms with Gasteiger partial charge in [-0.3, -0.25) is 0 Å². The third kappa shape index (κ3) is 14.2. The van der Waals surface area contributed by atoms with Crippen LogP contribution in [0.25, 0.3) is 0 Å². The van der Waals surface area contributed by atoms with E-state index in [4.69, 9.17) is 42.6 Å². The summed E-state index contributed by atoms with van der Waals surface area (Å²) in [5.74, 6) is 0. The number of rotatable bonds is 23. The van der Waals surface area contributed by atoms with Gasteiger partial charge in [-0.05, 0) is 33.9 Å². The third-order valence-corrected chi connectivity index (χ3v) is 13.1. The van der Waals surface area contributed by atoms with E-state index in [2.05, 4.69) is 19.6 Å². The second-order valence-corrected chi connectivity index (χ2v) is 23.2. The minimum Gasteiger partial charge on any atom is -0.394 e. The van der Waals surface area contributed by atoms with Crippen molar-refractivity contribution in [3.05, 3.63) is 179 Å². The van der Waals surface area contributed by atoms with Crippen LogP contribution in [-0.4, -0.2) is 99.5 Å². The molecule has 7 rings (SSSR count). The van der Waals surface area contributed by atoms with Gasteiger partial charge in [0.1, 0.15) is 48.8 Å². The molecule has 2 aliphatic rings. The first kappa shape index (κ1) is 47.8. The van der Waals surface area contributed by atoms with Crippen LogP contribution in [0, 0.1) is 0 Å². The maximum atomic E-state index is 11.8. The molecule has 342 valence electrons. The quantitative estimate of drug-likeness (QED) is 0.0619. The lowest BCUT2D eigenvalue weighted by molar-refractivity contribution is -0.374. The Kier molecular flexibility index (Phi) is 18.2. The summed E-state index contributed by atoms with van der Waals surface area (Å²) in [7, 11) is -1.51. The first-order valence-electron chi connectivity index (χ1n) is 22.3. The maximum absolute atomic E-state index is 11.8. The Morgan fingerprint density at radius 3 is 1.28 bits per heavy atom. The number of hydrogen-bond donors (Lipinski definition) is 2. The fraction of sp³-hybridized carbons (Fsp3) is 0.423. The average molecular weight is 893 g/mol. The van der Waals surface area contributed by atoms with Crippen molar-refractivity contribution in [2.24, 2.45) is 0 Å². The van der Waals surface area contributed by atoms with Gasteiger partial charge in [-0.1, -0.05) is 171 Å². The number of hydrogen-bond acceptors (Lipinski definition) is 11. The summed E-state index contributed by atoms with van der Waals surface area (Å²) in [6.45, 7) is 8.18. The molecule has 11 nitrogen and oxygen atoms in total. The molecule has 0 unspecified atom stereocenters. The lowest BCUT2D eigenvalue weighted by Crippen LogP contribution is -2.66. The van der Waals surface area contributed by atoms with Gasteiger partial charge >= 0.3 is 0 Å². The van der Waals surface area contributed by atoms with Crippen molar-refractivity contribution in [1.82, 2.24) is 0 Å². The van der Waals surface area contributed by atoms with Crippen LogP contribution in [-0.2, 0) is 75.7 Å². The van der Waals surface area contributed by atoms with E-state index < -0.39 is 76.1 Å². The van der Waals surface area contributed by atoms with E-state index in [1.165, 1.54) is 0 Å². The molecule has 5 aromatic rings. The van der Waals surface area contributed by atoms with Crippen LogP contribution in [0.5, 0.6) is 0 Å². The van der Waals surface area contributed by atoms with E-state index >= 15 is 0 Å². The lowest BCUT2D eigenvalue weighted by Gasteiger charge is -2.49. The van der Waals surface area contributed by atoms with Gasteiger partial charge in [0, 0.05) is 14.7 Å². The van der Waals surface area contributed by atoms with Gasteiger partial charge in [-0.2, -0.15) is 0 Å². The summed E-state index contributed by atoms with van der Waals surface area (Å²) in [6.07, 6.45) is -9.55. The molecule has 10 atom stereocenters. The highest BCUT2D eigenvalue weighted by molar-refractivity contribution is 6.76. The standard InChI is InChI=1S/C52H64O11Si/c1-64(2,3)30-29-56-51-50(60-36-42-27-17-8-18-28-42)48(58-34-40-23-13-6-14-24-40)46(44(62-51)37-55-32-38-19-9-4-10-20-38)63-52-49(59-35-41-25-15-7-16-26-41)47(45(54)43(31-53)61-52)57-33-39-21-11-5-12-22-39/h4-28,43-54H,29-37H2,1-3H3/t43-,44-,45+,46-,47+,48+,49-,50-,51-,52+/m1/s1. The Hall–Kier alpha value is -4.12. The van der Waals surface area contributed by atoms with Crippen LogP contribution >= 0.6 is 0 Å². The van der Waals surface area contributed by atoms with Gasteiger partial charge in [0.05, 0.1) is 46.2 Å². The second-order valence-electron chi connectivity index (χ2n) is 17.6. The molecule has 0 radical (unpaired) electrons. The van der Waals surface area contributed by atoms with Gasteiger partial charge < -0.3 is 52.8 Å². The summed E-state index contributed by atoms with van der Waals surface area (Å²) >= 11 is 0. The molecule has 0 aromatic heterocycles. The molecule has 0 bridgehead atoms. The van der Waals surface area contributed by atoms with Crippen molar-refractivity contribution in [1.29, 1.82) is 0 Å². The number of ether oxygens (including phenoxy) is 9. The number of aliphatic hydroxyl groups is 2. The molecule has 0 spiro atoms. The molecular formula is C52H64O11Si. The van der Waals surface area contributed by atoms with Gasteiger partial charge in [0.25, 0.3) is 0 Å². The van der Waals surface area contributed by atoms with Gasteiger partial charge in [0.2, 0.25) is 0 Å². The van der Waals surface area contributed by atoms with Crippen molar-refractivity contribution in [2.45, 2.75) is 120 Å². The van der Waals surface area contributed by atoms with Gasteiger partial charge in [-0.15, -0.1) is 0 Å². The van der Waals surface area contributed by atoms with Crippen LogP contribution in [0.4, 0.5) is 0 Å². The predicted molar refractivity (Wildman–Crippen MR) is 246 cm³/mol. The van der Waals surface area contributed by atoms with Crippen molar-refractivity contribution in [3.8, 4) is 0 Å². The first-order chi connectivity index (χ1) is 31.2. The lowest BCUT2D eigenvalue weighted by atomic mass is 9.96. The molecule has 64 heavy (non-hydrogen) atoms. The minimum absolute atomic E-state index is 0.103. The smallest absolute Gasteiger partial charge is 0.187 e. The van der Waals surface area contributed by atoms with Crippen molar-refractivity contribution < 1.29 is 52.8 Å². The maximum Gasteiger partial charge on any atom is 0.187 e. The van der Waals surface area contributed by atoms with E-state index in [1.807, 2.05) is 152 Å². The summed E-state index contributed by atoms with van der Waals surface area (Å²) in [6, 6.07) is 50.2. The second kappa shape index (κ2) is 24.4. The number of benzene rings is 5. The van der Waals surface area contributed by atoms with Crippen LogP contribution in [0.2, 0.25) is 25.7 Å². The van der Waals surface area contributed by atoms with E-state index in [0.29, 0.717) is 13.2 Å². The Morgan fingerprint density at radius 1 is 0.453 bits per heavy atom. The molecule has 0 amide bonds. The molecule has 2 aliphatic heterocycles. The SMILES string of the molecule is C[Si](C)(C)CCO[C@@H]1O[C@H](COCc2ccccc2)[C@@H](O[C@@H]2O[C@H](CO)[C@H](O)[C@H](OCc3ccccc3)[C@H]2OCc2ccccc2)[C@H](OCc2ccccc2)[C@H]1OCc1ccccc1. The molecule has 2 N–H and O–H groups in total. The summed E-state index contributed by atoms with van der Waals surface area (Å²) in [5, 5.41) is 22.5. The zero-order valence-corrected chi connectivity index (χ0v) is 38.1. The Labute approximate surface area is 379 Å².